The maximum atomic E-state index is 12.6. The Kier molecular flexibility index (Phi) is 4.04. The van der Waals surface area contributed by atoms with Crippen LogP contribution in [-0.2, 0) is 9.59 Å². The van der Waals surface area contributed by atoms with E-state index in [-0.39, 0.29) is 30.6 Å². The lowest BCUT2D eigenvalue weighted by Crippen LogP contribution is -2.28. The molecule has 1 fully saturated rings. The maximum Gasteiger partial charge on any atom is 0.336 e. The molecule has 1 aliphatic heterocycles. The average molecular weight is 362 g/mol. The summed E-state index contributed by atoms with van der Waals surface area (Å²) in [6.45, 7) is 0. The number of nitrogens with zero attached hydrogens (tertiary/aromatic N) is 1. The molecule has 0 atom stereocenters. The van der Waals surface area contributed by atoms with Crippen LogP contribution in [0.1, 0.15) is 23.2 Å². The SMILES string of the molecule is O=C(Nc1ccc2oc(=O)ccc2c1)c1cccc(N2C(=O)CCC2=O)c1. The molecule has 1 saturated heterocycles. The Labute approximate surface area is 153 Å². The molecule has 7 heteroatoms. The van der Waals surface area contributed by atoms with Crippen LogP contribution in [0.2, 0.25) is 0 Å². The van der Waals surface area contributed by atoms with Crippen molar-refractivity contribution in [1.29, 1.82) is 0 Å². The number of amides is 3. The second-order valence-electron chi connectivity index (χ2n) is 6.13. The zero-order valence-electron chi connectivity index (χ0n) is 14.1. The summed E-state index contributed by atoms with van der Waals surface area (Å²) in [5, 5.41) is 3.43. The van der Waals surface area contributed by atoms with Gasteiger partial charge in [-0.15, -0.1) is 0 Å². The Bertz CT molecular complexity index is 1130. The summed E-state index contributed by atoms with van der Waals surface area (Å²) in [6.07, 6.45) is 0.366. The van der Waals surface area contributed by atoms with Gasteiger partial charge in [-0.25, -0.2) is 4.79 Å². The topological polar surface area (TPSA) is 96.7 Å². The molecule has 0 radical (unpaired) electrons. The van der Waals surface area contributed by atoms with Gasteiger partial charge in [0, 0.05) is 35.5 Å². The van der Waals surface area contributed by atoms with Gasteiger partial charge in [0.05, 0.1) is 5.69 Å². The zero-order valence-corrected chi connectivity index (χ0v) is 14.1. The minimum Gasteiger partial charge on any atom is -0.423 e. The van der Waals surface area contributed by atoms with Crippen molar-refractivity contribution in [3.63, 3.8) is 0 Å². The van der Waals surface area contributed by atoms with Crippen molar-refractivity contribution in [2.75, 3.05) is 10.2 Å². The van der Waals surface area contributed by atoms with E-state index in [0.717, 1.165) is 4.90 Å². The summed E-state index contributed by atoms with van der Waals surface area (Å²) in [7, 11) is 0. The largest absolute Gasteiger partial charge is 0.423 e. The van der Waals surface area contributed by atoms with Crippen LogP contribution < -0.4 is 15.8 Å². The number of hydrogen-bond donors (Lipinski definition) is 1. The molecule has 3 aromatic rings. The summed E-state index contributed by atoms with van der Waals surface area (Å²) in [6, 6.07) is 14.2. The standard InChI is InChI=1S/C20H14N2O5/c23-17-7-8-18(24)22(17)15-3-1-2-13(11-15)20(26)21-14-5-6-16-12(10-14)4-9-19(25)27-16/h1-6,9-11H,7-8H2,(H,21,26). The van der Waals surface area contributed by atoms with Crippen molar-refractivity contribution in [1.82, 2.24) is 0 Å². The number of carbonyl (C=O) groups excluding carboxylic acids is 3. The van der Waals surface area contributed by atoms with Gasteiger partial charge in [-0.05, 0) is 42.5 Å². The molecule has 134 valence electrons. The van der Waals surface area contributed by atoms with E-state index >= 15 is 0 Å². The highest BCUT2D eigenvalue weighted by Crippen LogP contribution is 2.24. The Morgan fingerprint density at radius 3 is 2.48 bits per heavy atom. The van der Waals surface area contributed by atoms with Gasteiger partial charge in [-0.2, -0.15) is 0 Å². The molecule has 0 saturated carbocycles. The third-order valence-electron chi connectivity index (χ3n) is 4.30. The Morgan fingerprint density at radius 2 is 1.70 bits per heavy atom. The highest BCUT2D eigenvalue weighted by Gasteiger charge is 2.30. The first-order valence-corrected chi connectivity index (χ1v) is 8.32. The van der Waals surface area contributed by atoms with E-state index in [4.69, 9.17) is 4.42 Å². The van der Waals surface area contributed by atoms with Gasteiger partial charge in [0.2, 0.25) is 11.8 Å². The molecule has 1 aromatic heterocycles. The molecule has 0 unspecified atom stereocenters. The maximum absolute atomic E-state index is 12.6. The van der Waals surface area contributed by atoms with E-state index in [9.17, 15) is 19.2 Å². The van der Waals surface area contributed by atoms with Crippen LogP contribution in [0.3, 0.4) is 0 Å². The fraction of sp³-hybridized carbons (Fsp3) is 0.100. The van der Waals surface area contributed by atoms with Gasteiger partial charge in [0.1, 0.15) is 5.58 Å². The van der Waals surface area contributed by atoms with Crippen molar-refractivity contribution in [2.45, 2.75) is 12.8 Å². The highest BCUT2D eigenvalue weighted by molar-refractivity contribution is 6.20. The summed E-state index contributed by atoms with van der Waals surface area (Å²) in [5.41, 5.74) is 1.21. The summed E-state index contributed by atoms with van der Waals surface area (Å²) in [5.74, 6) is -0.921. The molecule has 3 amide bonds. The van der Waals surface area contributed by atoms with Crippen molar-refractivity contribution in [2.24, 2.45) is 0 Å². The lowest BCUT2D eigenvalue weighted by molar-refractivity contribution is -0.121. The smallest absolute Gasteiger partial charge is 0.336 e. The van der Waals surface area contributed by atoms with Gasteiger partial charge in [-0.1, -0.05) is 6.07 Å². The molecular weight excluding hydrogens is 348 g/mol. The third-order valence-corrected chi connectivity index (χ3v) is 4.30. The number of anilines is 2. The lowest BCUT2D eigenvalue weighted by atomic mass is 10.1. The van der Waals surface area contributed by atoms with Crippen LogP contribution in [0.15, 0.2) is 63.8 Å². The molecular formula is C20H14N2O5. The average Bonchev–Trinajstić information content (AvgIpc) is 3.00. The van der Waals surface area contributed by atoms with Crippen LogP contribution in [0.4, 0.5) is 11.4 Å². The van der Waals surface area contributed by atoms with Crippen LogP contribution in [-0.4, -0.2) is 17.7 Å². The number of rotatable bonds is 3. The number of fused-ring (bicyclic) bond motifs is 1. The van der Waals surface area contributed by atoms with Crippen molar-refractivity contribution in [3.05, 3.63) is 70.6 Å². The van der Waals surface area contributed by atoms with E-state index in [2.05, 4.69) is 5.32 Å². The van der Waals surface area contributed by atoms with Crippen LogP contribution in [0.5, 0.6) is 0 Å². The minimum atomic E-state index is -0.442. The minimum absolute atomic E-state index is 0.183. The van der Waals surface area contributed by atoms with Crippen molar-refractivity contribution < 1.29 is 18.8 Å². The second-order valence-corrected chi connectivity index (χ2v) is 6.13. The molecule has 0 spiro atoms. The van der Waals surface area contributed by atoms with Crippen LogP contribution >= 0.6 is 0 Å². The van der Waals surface area contributed by atoms with Gasteiger partial charge in [0.25, 0.3) is 5.91 Å². The quantitative estimate of drug-likeness (QED) is 0.571. The van der Waals surface area contributed by atoms with Gasteiger partial charge >= 0.3 is 5.63 Å². The van der Waals surface area contributed by atoms with Crippen molar-refractivity contribution in [3.8, 4) is 0 Å². The van der Waals surface area contributed by atoms with E-state index in [1.54, 1.807) is 42.5 Å². The van der Waals surface area contributed by atoms with Gasteiger partial charge in [-0.3, -0.25) is 19.3 Å². The summed E-state index contributed by atoms with van der Waals surface area (Å²) >= 11 is 0. The first kappa shape index (κ1) is 16.7. The first-order valence-electron chi connectivity index (χ1n) is 8.32. The molecule has 1 N–H and O–H groups in total. The molecule has 1 aliphatic rings. The molecule has 27 heavy (non-hydrogen) atoms. The van der Waals surface area contributed by atoms with Crippen LogP contribution in [0.25, 0.3) is 11.0 Å². The number of nitrogens with one attached hydrogen (secondary N) is 1. The summed E-state index contributed by atoms with van der Waals surface area (Å²) in [4.78, 5) is 48.7. The lowest BCUT2D eigenvalue weighted by Gasteiger charge is -2.15. The number of carbonyl (C=O) groups is 3. The van der Waals surface area contributed by atoms with E-state index < -0.39 is 5.63 Å². The predicted molar refractivity (Wildman–Crippen MR) is 98.6 cm³/mol. The van der Waals surface area contributed by atoms with E-state index in [1.807, 2.05) is 0 Å². The van der Waals surface area contributed by atoms with Crippen LogP contribution in [0, 0.1) is 0 Å². The monoisotopic (exact) mass is 362 g/mol. The number of benzene rings is 2. The number of imide groups is 1. The molecule has 2 heterocycles. The molecule has 7 nitrogen and oxygen atoms in total. The Morgan fingerprint density at radius 1 is 0.926 bits per heavy atom. The molecule has 4 rings (SSSR count). The third kappa shape index (κ3) is 3.22. The molecule has 0 bridgehead atoms. The molecule has 2 aromatic carbocycles. The fourth-order valence-corrected chi connectivity index (χ4v) is 3.00. The highest BCUT2D eigenvalue weighted by atomic mass is 16.4. The Hall–Kier alpha value is -3.74. The van der Waals surface area contributed by atoms with Gasteiger partial charge in [0.15, 0.2) is 0 Å². The Balaban J connectivity index is 1.59. The molecule has 0 aliphatic carbocycles. The first-order chi connectivity index (χ1) is 13.0. The normalized spacial score (nSPS) is 14.0. The predicted octanol–water partition coefficient (Wildman–Crippen LogP) is 2.70. The van der Waals surface area contributed by atoms with Gasteiger partial charge < -0.3 is 9.73 Å². The second kappa shape index (κ2) is 6.53. The van der Waals surface area contributed by atoms with E-state index in [1.165, 1.54) is 12.1 Å². The van der Waals surface area contributed by atoms with Crippen molar-refractivity contribution >= 4 is 40.1 Å². The summed E-state index contributed by atoms with van der Waals surface area (Å²) < 4.78 is 5.06. The fourth-order valence-electron chi connectivity index (χ4n) is 3.00. The number of hydrogen-bond acceptors (Lipinski definition) is 5. The van der Waals surface area contributed by atoms with E-state index in [0.29, 0.717) is 27.9 Å². The zero-order chi connectivity index (χ0) is 19.0.